The Kier molecular flexibility index (Phi) is 3.87. The highest BCUT2D eigenvalue weighted by Gasteiger charge is 2.17. The molecular formula is C22H17N5O2. The number of methoxy groups -OCH3 is 1. The molecule has 7 heteroatoms. The van der Waals surface area contributed by atoms with Crippen molar-refractivity contribution in [3.8, 4) is 22.6 Å². The summed E-state index contributed by atoms with van der Waals surface area (Å²) in [7, 11) is 1.59. The molecule has 29 heavy (non-hydrogen) atoms. The van der Waals surface area contributed by atoms with Crippen molar-refractivity contribution in [2.75, 3.05) is 7.11 Å². The van der Waals surface area contributed by atoms with E-state index < -0.39 is 0 Å². The second kappa shape index (κ2) is 6.56. The van der Waals surface area contributed by atoms with Crippen molar-refractivity contribution in [3.05, 3.63) is 82.9 Å². The Morgan fingerprint density at radius 2 is 1.79 bits per heavy atom. The van der Waals surface area contributed by atoms with Crippen molar-refractivity contribution in [2.45, 2.75) is 6.92 Å². The molecule has 2 aromatic carbocycles. The first-order chi connectivity index (χ1) is 14.2. The molecule has 0 saturated carbocycles. The van der Waals surface area contributed by atoms with Gasteiger partial charge in [0.1, 0.15) is 11.3 Å². The van der Waals surface area contributed by atoms with Crippen molar-refractivity contribution in [1.29, 1.82) is 0 Å². The van der Waals surface area contributed by atoms with Crippen LogP contribution in [0.5, 0.6) is 5.75 Å². The molecule has 0 bridgehead atoms. The molecule has 0 N–H and O–H groups in total. The van der Waals surface area contributed by atoms with Crippen LogP contribution in [-0.2, 0) is 0 Å². The lowest BCUT2D eigenvalue weighted by Crippen LogP contribution is -2.20. The lowest BCUT2D eigenvalue weighted by molar-refractivity contribution is 0.414. The van der Waals surface area contributed by atoms with E-state index in [0.29, 0.717) is 22.6 Å². The normalized spacial score (nSPS) is 11.2. The summed E-state index contributed by atoms with van der Waals surface area (Å²) in [5.41, 5.74) is 4.68. The largest absolute Gasteiger partial charge is 0.497 e. The van der Waals surface area contributed by atoms with Gasteiger partial charge in [0, 0.05) is 12.3 Å². The number of fused-ring (bicyclic) bond motifs is 3. The number of ether oxygens (including phenoxy) is 1. The third kappa shape index (κ3) is 2.67. The standard InChI is InChI=1S/C22H17N5O2/c1-14-19(15-7-4-3-5-8-15)21-24-23-20-18(27(21)25-14)11-12-26(22(20)28)16-9-6-10-17(13-16)29-2/h3-13H,1-2H3. The van der Waals surface area contributed by atoms with E-state index in [9.17, 15) is 4.79 Å². The topological polar surface area (TPSA) is 74.3 Å². The summed E-state index contributed by atoms with van der Waals surface area (Å²) in [4.78, 5) is 13.1. The van der Waals surface area contributed by atoms with Gasteiger partial charge in [0.15, 0.2) is 11.2 Å². The van der Waals surface area contributed by atoms with E-state index in [4.69, 9.17) is 4.74 Å². The molecule has 0 aliphatic heterocycles. The SMILES string of the molecule is COc1cccc(-n2ccc3c(nnc4c(-c5ccccc5)c(C)nn43)c2=O)c1. The number of nitrogens with zero attached hydrogens (tertiary/aromatic N) is 5. The Morgan fingerprint density at radius 1 is 0.966 bits per heavy atom. The molecule has 5 rings (SSSR count). The smallest absolute Gasteiger partial charge is 0.285 e. The minimum absolute atomic E-state index is 0.255. The molecule has 3 aromatic heterocycles. The van der Waals surface area contributed by atoms with Gasteiger partial charge in [-0.15, -0.1) is 10.2 Å². The summed E-state index contributed by atoms with van der Waals surface area (Å²) >= 11 is 0. The fourth-order valence-electron chi connectivity index (χ4n) is 3.56. The van der Waals surface area contributed by atoms with E-state index in [1.165, 1.54) is 4.57 Å². The molecule has 142 valence electrons. The highest BCUT2D eigenvalue weighted by atomic mass is 16.5. The maximum Gasteiger partial charge on any atom is 0.285 e. The number of hydrogen-bond acceptors (Lipinski definition) is 5. The van der Waals surface area contributed by atoms with Gasteiger partial charge in [0.25, 0.3) is 5.56 Å². The van der Waals surface area contributed by atoms with E-state index in [0.717, 1.165) is 16.8 Å². The Labute approximate surface area is 165 Å². The lowest BCUT2D eigenvalue weighted by Gasteiger charge is -2.09. The van der Waals surface area contributed by atoms with Crippen LogP contribution >= 0.6 is 0 Å². The third-order valence-corrected chi connectivity index (χ3v) is 4.95. The van der Waals surface area contributed by atoms with Crippen LogP contribution in [0.2, 0.25) is 0 Å². The first-order valence-electron chi connectivity index (χ1n) is 9.14. The third-order valence-electron chi connectivity index (χ3n) is 4.95. The van der Waals surface area contributed by atoms with E-state index in [2.05, 4.69) is 15.3 Å². The van der Waals surface area contributed by atoms with Gasteiger partial charge in [0.05, 0.1) is 24.1 Å². The molecule has 3 heterocycles. The fraction of sp³-hybridized carbons (Fsp3) is 0.0909. The van der Waals surface area contributed by atoms with Crippen LogP contribution in [0.4, 0.5) is 0 Å². The average Bonchev–Trinajstić information content (AvgIpc) is 3.11. The zero-order valence-electron chi connectivity index (χ0n) is 15.9. The molecule has 0 radical (unpaired) electrons. The van der Waals surface area contributed by atoms with Gasteiger partial charge in [-0.25, -0.2) is 4.52 Å². The quantitative estimate of drug-likeness (QED) is 0.477. The molecule has 0 unspecified atom stereocenters. The first-order valence-corrected chi connectivity index (χ1v) is 9.14. The van der Waals surface area contributed by atoms with Crippen molar-refractivity contribution in [3.63, 3.8) is 0 Å². The van der Waals surface area contributed by atoms with Gasteiger partial charge in [-0.05, 0) is 30.7 Å². The second-order valence-electron chi connectivity index (χ2n) is 6.69. The van der Waals surface area contributed by atoms with Crippen molar-refractivity contribution in [1.82, 2.24) is 24.4 Å². The van der Waals surface area contributed by atoms with Crippen LogP contribution in [0, 0.1) is 6.92 Å². The van der Waals surface area contributed by atoms with Gasteiger partial charge < -0.3 is 4.74 Å². The van der Waals surface area contributed by atoms with Crippen LogP contribution in [0.15, 0.2) is 71.7 Å². The fourth-order valence-corrected chi connectivity index (χ4v) is 3.56. The average molecular weight is 383 g/mol. The molecular weight excluding hydrogens is 366 g/mol. The number of benzene rings is 2. The Morgan fingerprint density at radius 3 is 2.59 bits per heavy atom. The molecule has 0 aliphatic rings. The predicted octanol–water partition coefficient (Wildman–Crippen LogP) is 3.41. The molecule has 5 aromatic rings. The molecule has 0 atom stereocenters. The summed E-state index contributed by atoms with van der Waals surface area (Å²) in [6.07, 6.45) is 1.72. The van der Waals surface area contributed by atoms with E-state index in [1.807, 2.05) is 61.5 Å². The van der Waals surface area contributed by atoms with Crippen LogP contribution in [0.25, 0.3) is 33.5 Å². The Bertz CT molecular complexity index is 1420. The zero-order chi connectivity index (χ0) is 20.0. The van der Waals surface area contributed by atoms with Gasteiger partial charge >= 0.3 is 0 Å². The number of aryl methyl sites for hydroxylation is 1. The van der Waals surface area contributed by atoms with Crippen LogP contribution in [0.3, 0.4) is 0 Å². The van der Waals surface area contributed by atoms with E-state index in [1.54, 1.807) is 23.9 Å². The van der Waals surface area contributed by atoms with E-state index >= 15 is 0 Å². The highest BCUT2D eigenvalue weighted by Crippen LogP contribution is 2.27. The lowest BCUT2D eigenvalue weighted by atomic mass is 10.1. The van der Waals surface area contributed by atoms with Crippen molar-refractivity contribution < 1.29 is 4.74 Å². The summed E-state index contributed by atoms with van der Waals surface area (Å²) < 4.78 is 8.48. The molecule has 0 aliphatic carbocycles. The monoisotopic (exact) mass is 383 g/mol. The summed E-state index contributed by atoms with van der Waals surface area (Å²) in [5.74, 6) is 0.672. The molecule has 0 spiro atoms. The van der Waals surface area contributed by atoms with E-state index in [-0.39, 0.29) is 11.1 Å². The second-order valence-corrected chi connectivity index (χ2v) is 6.69. The minimum Gasteiger partial charge on any atom is -0.497 e. The van der Waals surface area contributed by atoms with Crippen LogP contribution in [0.1, 0.15) is 5.69 Å². The Balaban J connectivity index is 1.76. The predicted molar refractivity (Wildman–Crippen MR) is 111 cm³/mol. The highest BCUT2D eigenvalue weighted by molar-refractivity contribution is 5.84. The zero-order valence-corrected chi connectivity index (χ0v) is 15.9. The summed E-state index contributed by atoms with van der Waals surface area (Å²) in [5, 5.41) is 13.2. The number of hydrogen-bond donors (Lipinski definition) is 0. The first kappa shape index (κ1) is 17.1. The van der Waals surface area contributed by atoms with Gasteiger partial charge in [-0.1, -0.05) is 36.4 Å². The van der Waals surface area contributed by atoms with Gasteiger partial charge in [-0.3, -0.25) is 9.36 Å². The summed E-state index contributed by atoms with van der Waals surface area (Å²) in [6, 6.07) is 19.1. The molecule has 0 saturated heterocycles. The van der Waals surface area contributed by atoms with Gasteiger partial charge in [-0.2, -0.15) is 5.10 Å². The molecule has 0 fully saturated rings. The number of aromatic nitrogens is 5. The minimum atomic E-state index is -0.264. The Hall–Kier alpha value is -4.00. The summed E-state index contributed by atoms with van der Waals surface area (Å²) in [6.45, 7) is 1.93. The number of pyridine rings is 1. The molecule has 0 amide bonds. The maximum absolute atomic E-state index is 13.1. The number of rotatable bonds is 3. The van der Waals surface area contributed by atoms with Crippen molar-refractivity contribution >= 4 is 16.7 Å². The van der Waals surface area contributed by atoms with Crippen LogP contribution < -0.4 is 10.3 Å². The molecule has 7 nitrogen and oxygen atoms in total. The maximum atomic E-state index is 13.1. The van der Waals surface area contributed by atoms with Crippen molar-refractivity contribution in [2.24, 2.45) is 0 Å². The van der Waals surface area contributed by atoms with Gasteiger partial charge in [0.2, 0.25) is 0 Å². The van der Waals surface area contributed by atoms with Crippen LogP contribution in [-0.4, -0.2) is 31.5 Å².